The van der Waals surface area contributed by atoms with Gasteiger partial charge in [-0.05, 0) is 29.7 Å². The highest BCUT2D eigenvalue weighted by Crippen LogP contribution is 2.76. The minimum atomic E-state index is 0.508. The van der Waals surface area contributed by atoms with Crippen molar-refractivity contribution in [3.05, 3.63) is 29.6 Å². The normalized spacial score (nSPS) is 37.8. The summed E-state index contributed by atoms with van der Waals surface area (Å²) >= 11 is 0. The number of aryl methyl sites for hydroxylation is 1. The summed E-state index contributed by atoms with van der Waals surface area (Å²) in [7, 11) is 2.07. The van der Waals surface area contributed by atoms with Gasteiger partial charge in [-0.15, -0.1) is 0 Å². The summed E-state index contributed by atoms with van der Waals surface area (Å²) in [6, 6.07) is 4.69. The van der Waals surface area contributed by atoms with Crippen LogP contribution in [0.4, 0.5) is 0 Å². The molecule has 1 saturated carbocycles. The van der Waals surface area contributed by atoms with E-state index >= 15 is 0 Å². The zero-order valence-electron chi connectivity index (χ0n) is 9.25. The van der Waals surface area contributed by atoms with Crippen LogP contribution in [0.3, 0.4) is 0 Å². The van der Waals surface area contributed by atoms with Gasteiger partial charge in [-0.3, -0.25) is 0 Å². The van der Waals surface area contributed by atoms with E-state index in [0.717, 1.165) is 5.52 Å². The smallest absolute Gasteiger partial charge is 0.0955 e. The van der Waals surface area contributed by atoms with Crippen molar-refractivity contribution in [2.24, 2.45) is 7.05 Å². The maximum Gasteiger partial charge on any atom is 0.0955 e. The molecule has 80 valence electrons. The summed E-state index contributed by atoms with van der Waals surface area (Å²) < 4.78 is 2.12. The molecular formula is C13H13N3. The second-order valence-electron chi connectivity index (χ2n) is 5.69. The van der Waals surface area contributed by atoms with E-state index in [2.05, 4.69) is 34.0 Å². The molecule has 1 saturated heterocycles. The number of rotatable bonds is 0. The molecule has 0 bridgehead atoms. The fourth-order valence-electron chi connectivity index (χ4n) is 4.22. The van der Waals surface area contributed by atoms with Crippen LogP contribution < -0.4 is 5.32 Å². The van der Waals surface area contributed by atoms with E-state index in [9.17, 15) is 0 Å². The molecule has 1 aliphatic heterocycles. The van der Waals surface area contributed by atoms with Gasteiger partial charge < -0.3 is 9.88 Å². The van der Waals surface area contributed by atoms with Gasteiger partial charge >= 0.3 is 0 Å². The van der Waals surface area contributed by atoms with Gasteiger partial charge in [0.25, 0.3) is 0 Å². The van der Waals surface area contributed by atoms with Crippen LogP contribution in [0.5, 0.6) is 0 Å². The Kier molecular flexibility index (Phi) is 0.946. The number of fused-ring (bicyclic) bond motifs is 2. The Balaban J connectivity index is 1.89. The van der Waals surface area contributed by atoms with Gasteiger partial charge in [-0.2, -0.15) is 0 Å². The number of imidazole rings is 1. The van der Waals surface area contributed by atoms with Gasteiger partial charge in [0.1, 0.15) is 0 Å². The van der Waals surface area contributed by atoms with Gasteiger partial charge in [0.15, 0.2) is 0 Å². The summed E-state index contributed by atoms with van der Waals surface area (Å²) in [5.74, 6) is 0. The molecule has 16 heavy (non-hydrogen) atoms. The lowest BCUT2D eigenvalue weighted by Crippen LogP contribution is -2.33. The Morgan fingerprint density at radius 3 is 2.81 bits per heavy atom. The Morgan fingerprint density at radius 2 is 2.00 bits per heavy atom. The lowest BCUT2D eigenvalue weighted by atomic mass is 9.70. The molecule has 2 atom stereocenters. The van der Waals surface area contributed by atoms with E-state index < -0.39 is 0 Å². The van der Waals surface area contributed by atoms with Crippen LogP contribution in [0, 0.1) is 0 Å². The molecule has 3 aliphatic rings. The molecule has 1 aromatic heterocycles. The van der Waals surface area contributed by atoms with Crippen molar-refractivity contribution >= 4 is 11.0 Å². The Hall–Kier alpha value is -1.35. The van der Waals surface area contributed by atoms with Crippen LogP contribution in [0.2, 0.25) is 0 Å². The van der Waals surface area contributed by atoms with Gasteiger partial charge in [0, 0.05) is 31.0 Å². The minimum absolute atomic E-state index is 0.508. The van der Waals surface area contributed by atoms with E-state index in [-0.39, 0.29) is 0 Å². The Labute approximate surface area is 93.5 Å². The van der Waals surface area contributed by atoms with Crippen LogP contribution in [0.1, 0.15) is 17.5 Å². The van der Waals surface area contributed by atoms with Crippen molar-refractivity contribution in [3.63, 3.8) is 0 Å². The van der Waals surface area contributed by atoms with Crippen LogP contribution in [-0.4, -0.2) is 22.6 Å². The Morgan fingerprint density at radius 1 is 1.25 bits per heavy atom. The number of nitrogens with zero attached hydrogens (tertiary/aromatic N) is 2. The molecule has 2 aromatic rings. The number of nitrogens with one attached hydrogen (secondary N) is 1. The predicted octanol–water partition coefficient (Wildman–Crippen LogP) is 1.07. The average Bonchev–Trinajstić information content (AvgIpc) is 2.59. The molecule has 0 spiro atoms. The van der Waals surface area contributed by atoms with Crippen molar-refractivity contribution in [2.45, 2.75) is 17.3 Å². The fourth-order valence-corrected chi connectivity index (χ4v) is 4.22. The summed E-state index contributed by atoms with van der Waals surface area (Å²) in [5, 5.41) is 3.55. The highest BCUT2D eigenvalue weighted by Gasteiger charge is 2.79. The zero-order chi connectivity index (χ0) is 10.5. The third kappa shape index (κ3) is 0.535. The minimum Gasteiger partial charge on any atom is -0.334 e. The molecule has 1 N–H and O–H groups in total. The molecule has 3 nitrogen and oxygen atoms in total. The van der Waals surface area contributed by atoms with Crippen molar-refractivity contribution < 1.29 is 0 Å². The van der Waals surface area contributed by atoms with Gasteiger partial charge in [0.05, 0.1) is 17.4 Å². The largest absolute Gasteiger partial charge is 0.334 e. The summed E-state index contributed by atoms with van der Waals surface area (Å²) in [6.07, 6.45) is 3.29. The van der Waals surface area contributed by atoms with Gasteiger partial charge in [-0.1, -0.05) is 0 Å². The first kappa shape index (κ1) is 7.85. The third-order valence-electron chi connectivity index (χ3n) is 5.14. The van der Waals surface area contributed by atoms with E-state index in [4.69, 9.17) is 0 Å². The standard InChI is InChI=1S/C13H13N3/c1-16-7-15-10-2-8-9(3-11(10)16)13-4-12(8,13)5-14-6-13/h2-3,7,14H,4-6H2,1H3. The van der Waals surface area contributed by atoms with Gasteiger partial charge in [-0.25, -0.2) is 4.98 Å². The van der Waals surface area contributed by atoms with Crippen molar-refractivity contribution in [2.75, 3.05) is 13.1 Å². The van der Waals surface area contributed by atoms with Crippen LogP contribution >= 0.6 is 0 Å². The monoisotopic (exact) mass is 211 g/mol. The topological polar surface area (TPSA) is 29.9 Å². The van der Waals surface area contributed by atoms with Gasteiger partial charge in [0.2, 0.25) is 0 Å². The van der Waals surface area contributed by atoms with E-state index in [0.29, 0.717) is 10.8 Å². The van der Waals surface area contributed by atoms with Crippen LogP contribution in [0.15, 0.2) is 18.5 Å². The van der Waals surface area contributed by atoms with Crippen LogP contribution in [-0.2, 0) is 17.9 Å². The quantitative estimate of drug-likeness (QED) is 0.706. The number of piperidine rings is 1. The molecule has 5 rings (SSSR count). The molecule has 2 fully saturated rings. The van der Waals surface area contributed by atoms with Crippen molar-refractivity contribution in [1.29, 1.82) is 0 Å². The maximum absolute atomic E-state index is 4.46. The average molecular weight is 211 g/mol. The lowest BCUT2D eigenvalue weighted by Gasteiger charge is -2.32. The SMILES string of the molecule is Cn1cnc2cc3c(cc21)C12CNCC31C2. The fraction of sp³-hybridized carbons (Fsp3) is 0.462. The van der Waals surface area contributed by atoms with E-state index in [1.807, 2.05) is 6.33 Å². The first-order valence-electron chi connectivity index (χ1n) is 5.94. The third-order valence-corrected chi connectivity index (χ3v) is 5.14. The summed E-state index contributed by atoms with van der Waals surface area (Å²) in [5.41, 5.74) is 6.62. The second-order valence-corrected chi connectivity index (χ2v) is 5.69. The predicted molar refractivity (Wildman–Crippen MR) is 61.6 cm³/mol. The molecular weight excluding hydrogens is 198 g/mol. The number of hydrogen-bond acceptors (Lipinski definition) is 2. The zero-order valence-corrected chi connectivity index (χ0v) is 9.25. The maximum atomic E-state index is 4.46. The molecule has 3 heteroatoms. The molecule has 0 amide bonds. The number of aromatic nitrogens is 2. The molecule has 0 radical (unpaired) electrons. The van der Waals surface area contributed by atoms with Crippen LogP contribution in [0.25, 0.3) is 11.0 Å². The highest BCUT2D eigenvalue weighted by molar-refractivity contribution is 5.83. The summed E-state index contributed by atoms with van der Waals surface area (Å²) in [4.78, 5) is 4.46. The molecule has 2 heterocycles. The first-order valence-corrected chi connectivity index (χ1v) is 5.94. The second kappa shape index (κ2) is 1.93. The van der Waals surface area contributed by atoms with E-state index in [1.54, 1.807) is 11.1 Å². The van der Waals surface area contributed by atoms with Crippen molar-refractivity contribution in [1.82, 2.24) is 14.9 Å². The number of benzene rings is 1. The number of hydrogen-bond donors (Lipinski definition) is 1. The first-order chi connectivity index (χ1) is 7.77. The Bertz CT molecular complexity index is 656. The van der Waals surface area contributed by atoms with Crippen molar-refractivity contribution in [3.8, 4) is 0 Å². The molecule has 2 aliphatic carbocycles. The lowest BCUT2D eigenvalue weighted by molar-refractivity contribution is 0.577. The van der Waals surface area contributed by atoms with E-state index in [1.165, 1.54) is 25.0 Å². The molecule has 1 aromatic carbocycles. The highest BCUT2D eigenvalue weighted by atomic mass is 15.1. The summed E-state index contributed by atoms with van der Waals surface area (Å²) in [6.45, 7) is 2.36. The molecule has 2 unspecified atom stereocenters.